The standard InChI is InChI=1S/C12H15ClN2O3/c1-8(11(16)17)9-2-4-10(5-3-9)15-12(18)14-7-6-13/h2-5,8H,6-7H2,1H3,(H,16,17)(H2,14,15,18)/t8-/m0/s1. The van der Waals surface area contributed by atoms with Gasteiger partial charge in [-0.3, -0.25) is 4.79 Å². The zero-order valence-corrected chi connectivity index (χ0v) is 10.7. The molecule has 0 aliphatic heterocycles. The number of hydrogen-bond donors (Lipinski definition) is 3. The minimum atomic E-state index is -0.879. The van der Waals surface area contributed by atoms with E-state index in [-0.39, 0.29) is 6.03 Å². The van der Waals surface area contributed by atoms with Crippen molar-refractivity contribution < 1.29 is 14.7 Å². The first kappa shape index (κ1) is 14.3. The van der Waals surface area contributed by atoms with E-state index in [0.29, 0.717) is 23.7 Å². The van der Waals surface area contributed by atoms with Gasteiger partial charge in [0, 0.05) is 18.1 Å². The topological polar surface area (TPSA) is 78.4 Å². The summed E-state index contributed by atoms with van der Waals surface area (Å²) in [6.07, 6.45) is 0. The molecule has 0 radical (unpaired) electrons. The number of rotatable bonds is 5. The lowest BCUT2D eigenvalue weighted by molar-refractivity contribution is -0.138. The first-order valence-electron chi connectivity index (χ1n) is 5.48. The Kier molecular flexibility index (Phi) is 5.45. The van der Waals surface area contributed by atoms with Crippen molar-refractivity contribution in [2.75, 3.05) is 17.7 Å². The third kappa shape index (κ3) is 4.25. The van der Waals surface area contributed by atoms with Crippen LogP contribution in [0.5, 0.6) is 0 Å². The van der Waals surface area contributed by atoms with Crippen LogP contribution >= 0.6 is 11.6 Å². The Labute approximate surface area is 110 Å². The maximum absolute atomic E-state index is 11.3. The number of hydrogen-bond acceptors (Lipinski definition) is 2. The number of anilines is 1. The van der Waals surface area contributed by atoms with Gasteiger partial charge in [0.25, 0.3) is 0 Å². The van der Waals surface area contributed by atoms with E-state index in [1.54, 1.807) is 31.2 Å². The van der Waals surface area contributed by atoms with E-state index >= 15 is 0 Å². The number of nitrogens with one attached hydrogen (secondary N) is 2. The van der Waals surface area contributed by atoms with E-state index in [9.17, 15) is 9.59 Å². The molecule has 0 aliphatic carbocycles. The van der Waals surface area contributed by atoms with Crippen LogP contribution < -0.4 is 10.6 Å². The fourth-order valence-electron chi connectivity index (χ4n) is 1.33. The Morgan fingerprint density at radius 1 is 1.33 bits per heavy atom. The number of amides is 2. The molecule has 98 valence electrons. The first-order chi connectivity index (χ1) is 8.54. The molecule has 1 atom stereocenters. The molecule has 1 aromatic rings. The van der Waals surface area contributed by atoms with Crippen LogP contribution in [0.15, 0.2) is 24.3 Å². The molecule has 18 heavy (non-hydrogen) atoms. The monoisotopic (exact) mass is 270 g/mol. The molecule has 1 aromatic carbocycles. The third-order valence-corrected chi connectivity index (χ3v) is 2.61. The number of carbonyl (C=O) groups is 2. The number of benzene rings is 1. The predicted octanol–water partition coefficient (Wildman–Crippen LogP) is 2.24. The van der Waals surface area contributed by atoms with Crippen molar-refractivity contribution in [1.82, 2.24) is 5.32 Å². The average molecular weight is 271 g/mol. The molecule has 0 fully saturated rings. The molecule has 0 aromatic heterocycles. The van der Waals surface area contributed by atoms with Crippen LogP contribution in [0, 0.1) is 0 Å². The maximum Gasteiger partial charge on any atom is 0.319 e. The fourth-order valence-corrected chi connectivity index (χ4v) is 1.43. The van der Waals surface area contributed by atoms with Crippen LogP contribution in [0.4, 0.5) is 10.5 Å². The summed E-state index contributed by atoms with van der Waals surface area (Å²) >= 11 is 5.44. The van der Waals surface area contributed by atoms with Crippen molar-refractivity contribution >= 4 is 29.3 Å². The largest absolute Gasteiger partial charge is 0.481 e. The summed E-state index contributed by atoms with van der Waals surface area (Å²) in [5.41, 5.74) is 1.29. The molecule has 0 bridgehead atoms. The second-order valence-electron chi connectivity index (χ2n) is 3.75. The number of carboxylic acids is 1. The van der Waals surface area contributed by atoms with Gasteiger partial charge >= 0.3 is 12.0 Å². The van der Waals surface area contributed by atoms with Crippen molar-refractivity contribution in [1.29, 1.82) is 0 Å². The van der Waals surface area contributed by atoms with E-state index < -0.39 is 11.9 Å². The molecule has 2 amide bonds. The molecule has 6 heteroatoms. The average Bonchev–Trinajstić information content (AvgIpc) is 2.36. The Morgan fingerprint density at radius 2 is 1.94 bits per heavy atom. The molecule has 0 spiro atoms. The quantitative estimate of drug-likeness (QED) is 0.718. The van der Waals surface area contributed by atoms with Gasteiger partial charge in [-0.2, -0.15) is 0 Å². The second kappa shape index (κ2) is 6.86. The number of urea groups is 1. The van der Waals surface area contributed by atoms with Crippen LogP contribution in [-0.2, 0) is 4.79 Å². The van der Waals surface area contributed by atoms with Gasteiger partial charge in [-0.1, -0.05) is 12.1 Å². The fraction of sp³-hybridized carbons (Fsp3) is 0.333. The minimum Gasteiger partial charge on any atom is -0.481 e. The van der Waals surface area contributed by atoms with Crippen LogP contribution in [0.25, 0.3) is 0 Å². The predicted molar refractivity (Wildman–Crippen MR) is 70.2 cm³/mol. The van der Waals surface area contributed by atoms with Crippen LogP contribution in [0.1, 0.15) is 18.4 Å². The lowest BCUT2D eigenvalue weighted by Crippen LogP contribution is -2.30. The number of carboxylic acid groups (broad SMARTS) is 1. The van der Waals surface area contributed by atoms with Crippen LogP contribution in [0.3, 0.4) is 0 Å². The highest BCUT2D eigenvalue weighted by Crippen LogP contribution is 2.18. The lowest BCUT2D eigenvalue weighted by atomic mass is 10.0. The van der Waals surface area contributed by atoms with Gasteiger partial charge in [-0.05, 0) is 24.6 Å². The number of halogens is 1. The summed E-state index contributed by atoms with van der Waals surface area (Å²) in [6, 6.07) is 6.34. The van der Waals surface area contributed by atoms with E-state index in [4.69, 9.17) is 16.7 Å². The Bertz CT molecular complexity index is 420. The first-order valence-corrected chi connectivity index (χ1v) is 6.01. The Morgan fingerprint density at radius 3 is 2.44 bits per heavy atom. The van der Waals surface area contributed by atoms with Gasteiger partial charge in [-0.15, -0.1) is 11.6 Å². The molecule has 0 heterocycles. The van der Waals surface area contributed by atoms with Crippen molar-refractivity contribution in [2.45, 2.75) is 12.8 Å². The van der Waals surface area contributed by atoms with Crippen molar-refractivity contribution in [3.8, 4) is 0 Å². The lowest BCUT2D eigenvalue weighted by Gasteiger charge is -2.09. The molecule has 5 nitrogen and oxygen atoms in total. The van der Waals surface area contributed by atoms with E-state index in [0.717, 1.165) is 0 Å². The number of alkyl halides is 1. The molecular weight excluding hydrogens is 256 g/mol. The minimum absolute atomic E-state index is 0.338. The molecule has 0 aliphatic rings. The van der Waals surface area contributed by atoms with E-state index in [1.165, 1.54) is 0 Å². The molecule has 1 rings (SSSR count). The summed E-state index contributed by atoms with van der Waals surface area (Å²) in [6.45, 7) is 2.00. The van der Waals surface area contributed by atoms with Gasteiger partial charge in [0.1, 0.15) is 0 Å². The Balaban J connectivity index is 2.60. The van der Waals surface area contributed by atoms with Gasteiger partial charge < -0.3 is 15.7 Å². The van der Waals surface area contributed by atoms with Crippen LogP contribution in [-0.4, -0.2) is 29.5 Å². The summed E-state index contributed by atoms with van der Waals surface area (Å²) < 4.78 is 0. The maximum atomic E-state index is 11.3. The molecule has 0 unspecified atom stereocenters. The van der Waals surface area contributed by atoms with Crippen molar-refractivity contribution in [2.24, 2.45) is 0 Å². The Hall–Kier alpha value is -1.75. The SMILES string of the molecule is C[C@H](C(=O)O)c1ccc(NC(=O)NCCCl)cc1. The molecular formula is C12H15ClN2O3. The number of carbonyl (C=O) groups excluding carboxylic acids is 1. The van der Waals surface area contributed by atoms with Crippen molar-refractivity contribution in [3.05, 3.63) is 29.8 Å². The third-order valence-electron chi connectivity index (χ3n) is 2.42. The highest BCUT2D eigenvalue weighted by molar-refractivity contribution is 6.18. The zero-order valence-electron chi connectivity index (χ0n) is 9.94. The van der Waals surface area contributed by atoms with Gasteiger partial charge in [0.05, 0.1) is 5.92 Å². The van der Waals surface area contributed by atoms with Crippen LogP contribution in [0.2, 0.25) is 0 Å². The molecule has 0 saturated heterocycles. The smallest absolute Gasteiger partial charge is 0.319 e. The normalized spacial score (nSPS) is 11.7. The van der Waals surface area contributed by atoms with Gasteiger partial charge in [0.2, 0.25) is 0 Å². The molecule has 3 N–H and O–H groups in total. The van der Waals surface area contributed by atoms with E-state index in [2.05, 4.69) is 10.6 Å². The van der Waals surface area contributed by atoms with Gasteiger partial charge in [-0.25, -0.2) is 4.79 Å². The zero-order chi connectivity index (χ0) is 13.5. The summed E-state index contributed by atoms with van der Waals surface area (Å²) in [4.78, 5) is 22.1. The molecule has 0 saturated carbocycles. The summed E-state index contributed by atoms with van der Waals surface area (Å²) in [7, 11) is 0. The van der Waals surface area contributed by atoms with Gasteiger partial charge in [0.15, 0.2) is 0 Å². The highest BCUT2D eigenvalue weighted by Gasteiger charge is 2.13. The van der Waals surface area contributed by atoms with E-state index in [1.807, 2.05) is 0 Å². The van der Waals surface area contributed by atoms with Crippen molar-refractivity contribution in [3.63, 3.8) is 0 Å². The number of aliphatic carboxylic acids is 1. The second-order valence-corrected chi connectivity index (χ2v) is 4.13. The summed E-state index contributed by atoms with van der Waals surface area (Å²) in [5.74, 6) is -1.10. The summed E-state index contributed by atoms with van der Waals surface area (Å²) in [5, 5.41) is 14.0. The highest BCUT2D eigenvalue weighted by atomic mass is 35.5.